The number of hydrogen-bond donors (Lipinski definition) is 3. The van der Waals surface area contributed by atoms with Crippen LogP contribution in [0.15, 0.2) is 24.3 Å². The lowest BCUT2D eigenvalue weighted by Gasteiger charge is -2.23. The number of nitrogens with zero attached hydrogens (tertiary/aromatic N) is 1. The Morgan fingerprint density at radius 1 is 1.25 bits per heavy atom. The van der Waals surface area contributed by atoms with E-state index in [0.717, 1.165) is 12.8 Å². The van der Waals surface area contributed by atoms with Gasteiger partial charge < -0.3 is 20.6 Å². The van der Waals surface area contributed by atoms with Crippen LogP contribution in [-0.2, 0) is 9.59 Å². The number of benzene rings is 1. The van der Waals surface area contributed by atoms with Gasteiger partial charge in [-0.05, 0) is 37.0 Å². The van der Waals surface area contributed by atoms with Gasteiger partial charge in [0.2, 0.25) is 5.91 Å². The number of anilines is 2. The molecule has 7 heteroatoms. The molecule has 2 aliphatic rings. The lowest BCUT2D eigenvalue weighted by atomic mass is 9.81. The van der Waals surface area contributed by atoms with Gasteiger partial charge >= 0.3 is 12.0 Å². The standard InChI is InChI=1S/C17H21N3O4/c1-11(21)18-13-5-2-6-14(8-13)19-16(24)20-9-12-4-3-7-17(12,10-20)15(22)23/h2,5-6,8,12H,3-4,7,9-10H2,1H3,(H,18,21)(H,19,24)(H,22,23)/t12-,17+/m0/s1. The maximum atomic E-state index is 12.5. The molecule has 24 heavy (non-hydrogen) atoms. The summed E-state index contributed by atoms with van der Waals surface area (Å²) in [5, 5.41) is 15.0. The second-order valence-electron chi connectivity index (χ2n) is 6.62. The Bertz CT molecular complexity index is 690. The number of fused-ring (bicyclic) bond motifs is 1. The summed E-state index contributed by atoms with van der Waals surface area (Å²) in [5.74, 6) is -0.950. The van der Waals surface area contributed by atoms with E-state index in [9.17, 15) is 19.5 Å². The molecule has 3 N–H and O–H groups in total. The van der Waals surface area contributed by atoms with E-state index in [4.69, 9.17) is 0 Å². The number of carbonyl (C=O) groups is 3. The Morgan fingerprint density at radius 2 is 1.96 bits per heavy atom. The predicted octanol–water partition coefficient (Wildman–Crippen LogP) is 2.36. The summed E-state index contributed by atoms with van der Waals surface area (Å²) in [6.07, 6.45) is 2.40. The fourth-order valence-corrected chi connectivity index (χ4v) is 3.87. The number of aliphatic carboxylic acids is 1. The van der Waals surface area contributed by atoms with E-state index in [0.29, 0.717) is 24.3 Å². The number of carboxylic acids is 1. The fraction of sp³-hybridized carbons (Fsp3) is 0.471. The quantitative estimate of drug-likeness (QED) is 0.792. The van der Waals surface area contributed by atoms with Crippen LogP contribution >= 0.6 is 0 Å². The van der Waals surface area contributed by atoms with E-state index in [1.54, 1.807) is 29.2 Å². The monoisotopic (exact) mass is 331 g/mol. The topological polar surface area (TPSA) is 98.7 Å². The molecule has 7 nitrogen and oxygen atoms in total. The molecule has 1 aliphatic heterocycles. The molecular weight excluding hydrogens is 310 g/mol. The first-order chi connectivity index (χ1) is 11.4. The average molecular weight is 331 g/mol. The van der Waals surface area contributed by atoms with Crippen LogP contribution in [0.5, 0.6) is 0 Å². The minimum atomic E-state index is -0.798. The van der Waals surface area contributed by atoms with E-state index in [-0.39, 0.29) is 24.4 Å². The Balaban J connectivity index is 1.68. The molecule has 128 valence electrons. The summed E-state index contributed by atoms with van der Waals surface area (Å²) in [4.78, 5) is 36.8. The Kier molecular flexibility index (Phi) is 4.17. The van der Waals surface area contributed by atoms with Gasteiger partial charge in [-0.1, -0.05) is 12.5 Å². The molecular formula is C17H21N3O4. The molecule has 0 spiro atoms. The van der Waals surface area contributed by atoms with Crippen LogP contribution in [0.1, 0.15) is 26.2 Å². The molecule has 2 atom stereocenters. The van der Waals surface area contributed by atoms with Gasteiger partial charge in [0.25, 0.3) is 0 Å². The lowest BCUT2D eigenvalue weighted by molar-refractivity contribution is -0.149. The zero-order valence-corrected chi connectivity index (χ0v) is 13.5. The molecule has 0 radical (unpaired) electrons. The number of carbonyl (C=O) groups excluding carboxylic acids is 2. The normalized spacial score (nSPS) is 25.2. The van der Waals surface area contributed by atoms with Crippen molar-refractivity contribution in [3.8, 4) is 0 Å². The number of nitrogens with one attached hydrogen (secondary N) is 2. The number of urea groups is 1. The molecule has 1 aromatic rings. The molecule has 0 aromatic heterocycles. The summed E-state index contributed by atoms with van der Waals surface area (Å²) in [6, 6.07) is 6.57. The van der Waals surface area contributed by atoms with Gasteiger partial charge in [0, 0.05) is 31.4 Å². The molecule has 1 saturated heterocycles. The van der Waals surface area contributed by atoms with Crippen molar-refractivity contribution in [2.75, 3.05) is 23.7 Å². The SMILES string of the molecule is CC(=O)Nc1cccc(NC(=O)N2C[C@@H]3CCC[C@@]3(C(=O)O)C2)c1. The summed E-state index contributed by atoms with van der Waals surface area (Å²) in [5.41, 5.74) is 0.378. The van der Waals surface area contributed by atoms with E-state index >= 15 is 0 Å². The first-order valence-electron chi connectivity index (χ1n) is 8.08. The van der Waals surface area contributed by atoms with Gasteiger partial charge in [-0.15, -0.1) is 0 Å². The van der Waals surface area contributed by atoms with Crippen molar-refractivity contribution < 1.29 is 19.5 Å². The highest BCUT2D eigenvalue weighted by molar-refractivity contribution is 5.93. The summed E-state index contributed by atoms with van der Waals surface area (Å²) < 4.78 is 0. The molecule has 1 aromatic carbocycles. The van der Waals surface area contributed by atoms with Crippen LogP contribution in [0.3, 0.4) is 0 Å². The van der Waals surface area contributed by atoms with Gasteiger partial charge in [0.05, 0.1) is 5.41 Å². The largest absolute Gasteiger partial charge is 0.481 e. The van der Waals surface area contributed by atoms with Crippen molar-refractivity contribution in [2.24, 2.45) is 11.3 Å². The van der Waals surface area contributed by atoms with Crippen LogP contribution in [0.25, 0.3) is 0 Å². The Morgan fingerprint density at radius 3 is 2.58 bits per heavy atom. The molecule has 0 bridgehead atoms. The summed E-state index contributed by atoms with van der Waals surface area (Å²) in [7, 11) is 0. The van der Waals surface area contributed by atoms with Crippen molar-refractivity contribution in [2.45, 2.75) is 26.2 Å². The molecule has 3 rings (SSSR count). The minimum Gasteiger partial charge on any atom is -0.481 e. The van der Waals surface area contributed by atoms with E-state index in [2.05, 4.69) is 10.6 Å². The second-order valence-corrected chi connectivity index (χ2v) is 6.62. The van der Waals surface area contributed by atoms with E-state index in [1.807, 2.05) is 0 Å². The smallest absolute Gasteiger partial charge is 0.321 e. The Hall–Kier alpha value is -2.57. The van der Waals surface area contributed by atoms with Crippen LogP contribution in [0.2, 0.25) is 0 Å². The zero-order valence-electron chi connectivity index (χ0n) is 13.5. The van der Waals surface area contributed by atoms with Crippen molar-refractivity contribution in [3.05, 3.63) is 24.3 Å². The molecule has 1 aliphatic carbocycles. The molecule has 2 fully saturated rings. The third-order valence-electron chi connectivity index (χ3n) is 5.02. The van der Waals surface area contributed by atoms with Crippen molar-refractivity contribution in [1.29, 1.82) is 0 Å². The van der Waals surface area contributed by atoms with Crippen molar-refractivity contribution in [3.63, 3.8) is 0 Å². The summed E-state index contributed by atoms with van der Waals surface area (Å²) >= 11 is 0. The highest BCUT2D eigenvalue weighted by atomic mass is 16.4. The zero-order chi connectivity index (χ0) is 17.3. The van der Waals surface area contributed by atoms with Gasteiger partial charge in [-0.3, -0.25) is 9.59 Å². The average Bonchev–Trinajstić information content (AvgIpc) is 3.04. The number of likely N-dealkylation sites (tertiary alicyclic amines) is 1. The van der Waals surface area contributed by atoms with Crippen molar-refractivity contribution >= 4 is 29.3 Å². The number of hydrogen-bond acceptors (Lipinski definition) is 3. The predicted molar refractivity (Wildman–Crippen MR) is 88.7 cm³/mol. The van der Waals surface area contributed by atoms with E-state index < -0.39 is 11.4 Å². The number of amides is 3. The maximum Gasteiger partial charge on any atom is 0.321 e. The fourth-order valence-electron chi connectivity index (χ4n) is 3.87. The van der Waals surface area contributed by atoms with Gasteiger partial charge in [-0.25, -0.2) is 4.79 Å². The molecule has 3 amide bonds. The second kappa shape index (κ2) is 6.14. The van der Waals surface area contributed by atoms with Gasteiger partial charge in [0.15, 0.2) is 0 Å². The summed E-state index contributed by atoms with van der Waals surface area (Å²) in [6.45, 7) is 2.15. The van der Waals surface area contributed by atoms with Crippen LogP contribution < -0.4 is 10.6 Å². The maximum absolute atomic E-state index is 12.5. The van der Waals surface area contributed by atoms with Crippen LogP contribution in [0, 0.1) is 11.3 Å². The van der Waals surface area contributed by atoms with Crippen LogP contribution in [0.4, 0.5) is 16.2 Å². The third kappa shape index (κ3) is 2.93. The first-order valence-corrected chi connectivity index (χ1v) is 8.08. The molecule has 1 heterocycles. The third-order valence-corrected chi connectivity index (χ3v) is 5.02. The number of rotatable bonds is 3. The Labute approximate surface area is 140 Å². The highest BCUT2D eigenvalue weighted by Gasteiger charge is 2.55. The number of carboxylic acid groups (broad SMARTS) is 1. The van der Waals surface area contributed by atoms with E-state index in [1.165, 1.54) is 6.92 Å². The van der Waals surface area contributed by atoms with Crippen molar-refractivity contribution in [1.82, 2.24) is 4.90 Å². The van der Waals surface area contributed by atoms with Crippen LogP contribution in [-0.4, -0.2) is 41.0 Å². The minimum absolute atomic E-state index is 0.0338. The first kappa shape index (κ1) is 16.3. The lowest BCUT2D eigenvalue weighted by Crippen LogP contribution is -2.38. The van der Waals surface area contributed by atoms with Gasteiger partial charge in [0.1, 0.15) is 0 Å². The van der Waals surface area contributed by atoms with Gasteiger partial charge in [-0.2, -0.15) is 0 Å². The highest BCUT2D eigenvalue weighted by Crippen LogP contribution is 2.48. The molecule has 1 saturated carbocycles. The molecule has 0 unspecified atom stereocenters.